The maximum absolute atomic E-state index is 13.3. The number of nitrogens with one attached hydrogen (secondary N) is 2. The molecule has 0 spiro atoms. The van der Waals surface area contributed by atoms with Crippen LogP contribution in [0.2, 0.25) is 0 Å². The van der Waals surface area contributed by atoms with Crippen LogP contribution in [0.25, 0.3) is 0 Å². The Bertz CT molecular complexity index is 986. The standard InChI is InChI=1S/C19H18BFN4O2/c1-12-9-23-19(24-16-5-6-17-14(8-16)11-27-20(17)26)25-18(12)22-10-13-3-2-4-15(21)7-13/h2-9,26H,10-11H2,1H3,(H2,22,23,24,25). The monoisotopic (exact) mass is 364 g/mol. The second-order valence-electron chi connectivity index (χ2n) is 6.41. The molecule has 27 heavy (non-hydrogen) atoms. The smallest absolute Gasteiger partial charge is 0.423 e. The molecule has 136 valence electrons. The topological polar surface area (TPSA) is 79.3 Å². The van der Waals surface area contributed by atoms with Crippen LogP contribution in [0.3, 0.4) is 0 Å². The van der Waals surface area contributed by atoms with Gasteiger partial charge in [-0.25, -0.2) is 9.37 Å². The van der Waals surface area contributed by atoms with Crippen molar-refractivity contribution >= 4 is 30.0 Å². The highest BCUT2D eigenvalue weighted by molar-refractivity contribution is 6.61. The van der Waals surface area contributed by atoms with Crippen LogP contribution in [-0.4, -0.2) is 22.1 Å². The summed E-state index contributed by atoms with van der Waals surface area (Å²) in [6.07, 6.45) is 1.73. The van der Waals surface area contributed by atoms with Crippen molar-refractivity contribution in [1.29, 1.82) is 0 Å². The number of halogens is 1. The number of hydrogen-bond acceptors (Lipinski definition) is 6. The fourth-order valence-corrected chi connectivity index (χ4v) is 2.95. The number of hydrogen-bond donors (Lipinski definition) is 3. The van der Waals surface area contributed by atoms with E-state index in [4.69, 9.17) is 4.65 Å². The molecule has 4 rings (SSSR count). The highest BCUT2D eigenvalue weighted by Gasteiger charge is 2.27. The van der Waals surface area contributed by atoms with Gasteiger partial charge < -0.3 is 20.3 Å². The van der Waals surface area contributed by atoms with E-state index in [1.807, 2.05) is 31.2 Å². The summed E-state index contributed by atoms with van der Waals surface area (Å²) in [5, 5.41) is 16.1. The average molecular weight is 364 g/mol. The van der Waals surface area contributed by atoms with Gasteiger partial charge in [-0.2, -0.15) is 4.98 Å². The maximum Gasteiger partial charge on any atom is 0.491 e. The first-order chi connectivity index (χ1) is 13.1. The van der Waals surface area contributed by atoms with Gasteiger partial charge >= 0.3 is 7.12 Å². The number of anilines is 3. The normalized spacial score (nSPS) is 12.8. The third kappa shape index (κ3) is 3.91. The molecule has 8 heteroatoms. The molecule has 0 radical (unpaired) electrons. The predicted molar refractivity (Wildman–Crippen MR) is 103 cm³/mol. The van der Waals surface area contributed by atoms with Gasteiger partial charge in [-0.3, -0.25) is 0 Å². The molecule has 0 saturated heterocycles. The summed E-state index contributed by atoms with van der Waals surface area (Å²) < 4.78 is 18.5. The van der Waals surface area contributed by atoms with Crippen LogP contribution in [-0.2, 0) is 17.8 Å². The number of benzene rings is 2. The molecule has 3 N–H and O–H groups in total. The Hall–Kier alpha value is -2.97. The Morgan fingerprint density at radius 3 is 3.00 bits per heavy atom. The summed E-state index contributed by atoms with van der Waals surface area (Å²) in [6.45, 7) is 2.75. The molecule has 0 fully saturated rings. The summed E-state index contributed by atoms with van der Waals surface area (Å²) in [6, 6.07) is 12.0. The quantitative estimate of drug-likeness (QED) is 0.604. The van der Waals surface area contributed by atoms with E-state index in [9.17, 15) is 9.41 Å². The fourth-order valence-electron chi connectivity index (χ4n) is 2.95. The van der Waals surface area contributed by atoms with Crippen molar-refractivity contribution < 1.29 is 14.1 Å². The molecule has 2 aromatic carbocycles. The highest BCUT2D eigenvalue weighted by atomic mass is 19.1. The molecule has 0 bridgehead atoms. The van der Waals surface area contributed by atoms with E-state index in [2.05, 4.69) is 20.6 Å². The van der Waals surface area contributed by atoms with Crippen molar-refractivity contribution in [3.63, 3.8) is 0 Å². The lowest BCUT2D eigenvalue weighted by molar-refractivity contribution is 0.275. The van der Waals surface area contributed by atoms with E-state index >= 15 is 0 Å². The fraction of sp³-hybridized carbons (Fsp3) is 0.158. The number of aryl methyl sites for hydroxylation is 1. The Morgan fingerprint density at radius 1 is 1.26 bits per heavy atom. The van der Waals surface area contributed by atoms with Gasteiger partial charge in [0.25, 0.3) is 0 Å². The van der Waals surface area contributed by atoms with Gasteiger partial charge in [0.05, 0.1) is 6.61 Å². The third-order valence-corrected chi connectivity index (χ3v) is 4.38. The maximum atomic E-state index is 13.3. The van der Waals surface area contributed by atoms with Crippen molar-refractivity contribution in [2.45, 2.75) is 20.1 Å². The van der Waals surface area contributed by atoms with Crippen LogP contribution < -0.4 is 16.1 Å². The molecule has 6 nitrogen and oxygen atoms in total. The van der Waals surface area contributed by atoms with E-state index in [1.165, 1.54) is 12.1 Å². The summed E-state index contributed by atoms with van der Waals surface area (Å²) in [5.74, 6) is 0.861. The van der Waals surface area contributed by atoms with Gasteiger partial charge in [-0.15, -0.1) is 0 Å². The zero-order valence-electron chi connectivity index (χ0n) is 14.7. The van der Waals surface area contributed by atoms with Crippen molar-refractivity contribution in [1.82, 2.24) is 9.97 Å². The third-order valence-electron chi connectivity index (χ3n) is 4.38. The molecule has 0 amide bonds. The number of aromatic nitrogens is 2. The molecule has 0 unspecified atom stereocenters. The lowest BCUT2D eigenvalue weighted by atomic mass is 9.79. The summed E-state index contributed by atoms with van der Waals surface area (Å²) in [4.78, 5) is 8.81. The molecule has 1 aliphatic rings. The molecule has 1 aliphatic heterocycles. The minimum Gasteiger partial charge on any atom is -0.423 e. The molecule has 0 aliphatic carbocycles. The molecule has 1 aromatic heterocycles. The van der Waals surface area contributed by atoms with Crippen LogP contribution in [0.4, 0.5) is 21.8 Å². The lowest BCUT2D eigenvalue weighted by Crippen LogP contribution is -2.27. The minimum absolute atomic E-state index is 0.262. The van der Waals surface area contributed by atoms with Crippen LogP contribution in [0.1, 0.15) is 16.7 Å². The lowest BCUT2D eigenvalue weighted by Gasteiger charge is -2.12. The van der Waals surface area contributed by atoms with Gasteiger partial charge in [0, 0.05) is 24.0 Å². The summed E-state index contributed by atoms with van der Waals surface area (Å²) in [5.41, 5.74) is 4.25. The first kappa shape index (κ1) is 17.4. The van der Waals surface area contributed by atoms with Crippen molar-refractivity contribution in [2.75, 3.05) is 10.6 Å². The van der Waals surface area contributed by atoms with Crippen molar-refractivity contribution in [3.8, 4) is 0 Å². The Balaban J connectivity index is 1.49. The van der Waals surface area contributed by atoms with Crippen LogP contribution in [0, 0.1) is 12.7 Å². The number of nitrogens with zero attached hydrogens (tertiary/aromatic N) is 2. The van der Waals surface area contributed by atoms with E-state index in [0.29, 0.717) is 24.9 Å². The summed E-state index contributed by atoms with van der Waals surface area (Å²) >= 11 is 0. The minimum atomic E-state index is -0.858. The number of rotatable bonds is 5. The Morgan fingerprint density at radius 2 is 2.15 bits per heavy atom. The zero-order chi connectivity index (χ0) is 18.8. The predicted octanol–water partition coefficient (Wildman–Crippen LogP) is 2.50. The zero-order valence-corrected chi connectivity index (χ0v) is 14.7. The molecule has 3 aromatic rings. The van der Waals surface area contributed by atoms with E-state index in [-0.39, 0.29) is 5.82 Å². The van der Waals surface area contributed by atoms with E-state index < -0.39 is 7.12 Å². The van der Waals surface area contributed by atoms with E-state index in [0.717, 1.165) is 27.8 Å². The Kier molecular flexibility index (Phi) is 4.74. The molecular formula is C19H18BFN4O2. The molecule has 0 atom stereocenters. The van der Waals surface area contributed by atoms with Crippen molar-refractivity contribution in [3.05, 3.63) is 71.2 Å². The van der Waals surface area contributed by atoms with Gasteiger partial charge in [-0.1, -0.05) is 18.2 Å². The van der Waals surface area contributed by atoms with E-state index in [1.54, 1.807) is 12.3 Å². The van der Waals surface area contributed by atoms with Gasteiger partial charge in [0.2, 0.25) is 5.95 Å². The number of fused-ring (bicyclic) bond motifs is 1. The molecule has 2 heterocycles. The van der Waals surface area contributed by atoms with Gasteiger partial charge in [-0.05, 0) is 47.8 Å². The Labute approximate surface area is 156 Å². The van der Waals surface area contributed by atoms with Crippen LogP contribution in [0.5, 0.6) is 0 Å². The largest absolute Gasteiger partial charge is 0.491 e. The molecular weight excluding hydrogens is 346 g/mol. The second-order valence-corrected chi connectivity index (χ2v) is 6.41. The SMILES string of the molecule is Cc1cnc(Nc2ccc3c(c2)COB3O)nc1NCc1cccc(F)c1. The van der Waals surface area contributed by atoms with Crippen molar-refractivity contribution in [2.24, 2.45) is 0 Å². The average Bonchev–Trinajstić information content (AvgIpc) is 3.03. The highest BCUT2D eigenvalue weighted by Crippen LogP contribution is 2.20. The van der Waals surface area contributed by atoms with Crippen LogP contribution >= 0.6 is 0 Å². The first-order valence-electron chi connectivity index (χ1n) is 8.60. The first-order valence-corrected chi connectivity index (χ1v) is 8.60. The van der Waals surface area contributed by atoms with Gasteiger partial charge in [0.1, 0.15) is 11.6 Å². The summed E-state index contributed by atoms with van der Waals surface area (Å²) in [7, 11) is -0.858. The van der Waals surface area contributed by atoms with Crippen LogP contribution in [0.15, 0.2) is 48.7 Å². The second kappa shape index (κ2) is 7.34. The van der Waals surface area contributed by atoms with Gasteiger partial charge in [0.15, 0.2) is 0 Å². The molecule has 0 saturated carbocycles.